The summed E-state index contributed by atoms with van der Waals surface area (Å²) >= 11 is 12.1. The molecular weight excluding hydrogens is 442 g/mol. The molecule has 1 aliphatic rings. The highest BCUT2D eigenvalue weighted by atomic mass is 35.5. The first-order chi connectivity index (χ1) is 12.5. The lowest BCUT2D eigenvalue weighted by Crippen LogP contribution is -2.51. The van der Waals surface area contributed by atoms with Crippen LogP contribution in [-0.2, 0) is 4.79 Å². The number of hydrogen-bond acceptors (Lipinski definition) is 4. The van der Waals surface area contributed by atoms with Gasteiger partial charge in [0.2, 0.25) is 5.91 Å². The van der Waals surface area contributed by atoms with E-state index in [0.717, 1.165) is 5.56 Å². The fourth-order valence-electron chi connectivity index (χ4n) is 3.18. The van der Waals surface area contributed by atoms with Crippen LogP contribution < -0.4 is 10.6 Å². The van der Waals surface area contributed by atoms with E-state index < -0.39 is 0 Å². The van der Waals surface area contributed by atoms with Crippen molar-refractivity contribution in [3.63, 3.8) is 0 Å². The molecule has 154 valence electrons. The highest BCUT2D eigenvalue weighted by Gasteiger charge is 2.29. The summed E-state index contributed by atoms with van der Waals surface area (Å²) in [4.78, 5) is 21.1. The second-order valence-corrected chi connectivity index (χ2v) is 7.34. The van der Waals surface area contributed by atoms with Crippen LogP contribution in [0.2, 0.25) is 10.0 Å². The van der Waals surface area contributed by atoms with Gasteiger partial charge in [0.05, 0.1) is 16.0 Å². The van der Waals surface area contributed by atoms with Gasteiger partial charge in [0.1, 0.15) is 5.82 Å². The fraction of sp³-hybridized carbons (Fsp3) is 0.368. The molecule has 0 aliphatic carbocycles. The van der Waals surface area contributed by atoms with Gasteiger partial charge >= 0.3 is 0 Å². The summed E-state index contributed by atoms with van der Waals surface area (Å²) in [5.74, 6) is 0.509. The van der Waals surface area contributed by atoms with Crippen LogP contribution in [0.5, 0.6) is 0 Å². The average Bonchev–Trinajstić information content (AvgIpc) is 2.67. The van der Waals surface area contributed by atoms with Crippen LogP contribution in [0.1, 0.15) is 18.5 Å². The van der Waals surface area contributed by atoms with Crippen molar-refractivity contribution in [3.8, 4) is 0 Å². The largest absolute Gasteiger partial charge is 0.352 e. The molecule has 1 saturated heterocycles. The molecule has 1 aliphatic heterocycles. The second kappa shape index (κ2) is 11.1. The Hall–Kier alpha value is -1.24. The Bertz CT molecular complexity index is 770. The number of nitrogens with zero attached hydrogens (tertiary/aromatic N) is 3. The van der Waals surface area contributed by atoms with Gasteiger partial charge in [-0.1, -0.05) is 60.5 Å². The summed E-state index contributed by atoms with van der Waals surface area (Å²) < 4.78 is 0. The number of nitrogens with two attached hydrogens (primary N) is 1. The Morgan fingerprint density at radius 3 is 2.29 bits per heavy atom. The molecule has 5 nitrogen and oxygen atoms in total. The molecule has 1 fully saturated rings. The number of halogens is 4. The lowest BCUT2D eigenvalue weighted by molar-refractivity contribution is -0.136. The predicted molar refractivity (Wildman–Crippen MR) is 120 cm³/mol. The van der Waals surface area contributed by atoms with Crippen LogP contribution in [0.3, 0.4) is 0 Å². The van der Waals surface area contributed by atoms with E-state index in [2.05, 4.69) is 9.88 Å². The molecule has 1 aromatic carbocycles. The number of rotatable bonds is 4. The van der Waals surface area contributed by atoms with Crippen molar-refractivity contribution < 1.29 is 4.79 Å². The Kier molecular flexibility index (Phi) is 9.81. The molecule has 2 aromatic rings. The summed E-state index contributed by atoms with van der Waals surface area (Å²) in [6.07, 6.45) is 1.58. The van der Waals surface area contributed by atoms with Gasteiger partial charge in [-0.3, -0.25) is 4.79 Å². The molecule has 0 bridgehead atoms. The zero-order valence-corrected chi connectivity index (χ0v) is 18.6. The van der Waals surface area contributed by atoms with Gasteiger partial charge in [0.25, 0.3) is 0 Å². The van der Waals surface area contributed by atoms with E-state index in [1.807, 2.05) is 42.2 Å². The number of carbonyl (C=O) groups excluding carboxylic acids is 1. The van der Waals surface area contributed by atoms with Gasteiger partial charge in [-0.15, -0.1) is 24.8 Å². The first-order valence-corrected chi connectivity index (χ1v) is 9.38. The van der Waals surface area contributed by atoms with Crippen molar-refractivity contribution >= 4 is 59.7 Å². The first-order valence-electron chi connectivity index (χ1n) is 8.62. The van der Waals surface area contributed by atoms with Crippen molar-refractivity contribution in [3.05, 3.63) is 58.2 Å². The molecule has 2 heterocycles. The van der Waals surface area contributed by atoms with Gasteiger partial charge in [-0.2, -0.15) is 0 Å². The molecule has 9 heteroatoms. The minimum absolute atomic E-state index is 0. The lowest BCUT2D eigenvalue weighted by Gasteiger charge is -2.37. The second-order valence-electron chi connectivity index (χ2n) is 6.50. The van der Waals surface area contributed by atoms with Crippen molar-refractivity contribution in [2.24, 2.45) is 11.7 Å². The van der Waals surface area contributed by atoms with Crippen LogP contribution >= 0.6 is 48.0 Å². The Morgan fingerprint density at radius 2 is 1.71 bits per heavy atom. The smallest absolute Gasteiger partial charge is 0.227 e. The average molecular weight is 466 g/mol. The summed E-state index contributed by atoms with van der Waals surface area (Å²) in [6.45, 7) is 4.47. The molecule has 1 amide bonds. The maximum absolute atomic E-state index is 12.8. The van der Waals surface area contributed by atoms with Gasteiger partial charge in [0.15, 0.2) is 0 Å². The van der Waals surface area contributed by atoms with Gasteiger partial charge < -0.3 is 15.5 Å². The van der Waals surface area contributed by atoms with E-state index >= 15 is 0 Å². The van der Waals surface area contributed by atoms with E-state index in [9.17, 15) is 4.79 Å². The highest BCUT2D eigenvalue weighted by Crippen LogP contribution is 2.27. The molecule has 2 N–H and O–H groups in total. The zero-order valence-electron chi connectivity index (χ0n) is 15.4. The highest BCUT2D eigenvalue weighted by molar-refractivity contribution is 6.36. The quantitative estimate of drug-likeness (QED) is 0.734. The first kappa shape index (κ1) is 24.8. The van der Waals surface area contributed by atoms with Crippen LogP contribution in [0, 0.1) is 5.92 Å². The number of aromatic nitrogens is 1. The van der Waals surface area contributed by atoms with Crippen molar-refractivity contribution in [2.75, 3.05) is 31.1 Å². The number of amides is 1. The standard InChI is InChI=1S/C19H22Cl2N4O.2ClH/c1-13(17(22)14-5-3-2-4-6-14)19(26)25-9-7-24(8-10-25)18-16(21)11-15(20)12-23-18;;/h2-6,11-13,17H,7-10,22H2,1H3;2*1H. The third kappa shape index (κ3) is 5.65. The molecular formula is C19H24Cl4N4O. The third-order valence-electron chi connectivity index (χ3n) is 4.79. The Morgan fingerprint density at radius 1 is 1.11 bits per heavy atom. The van der Waals surface area contributed by atoms with Crippen molar-refractivity contribution in [1.29, 1.82) is 0 Å². The molecule has 2 unspecified atom stereocenters. The molecule has 1 aromatic heterocycles. The number of pyridine rings is 1. The van der Waals surface area contributed by atoms with E-state index in [0.29, 0.717) is 42.0 Å². The zero-order chi connectivity index (χ0) is 18.7. The minimum atomic E-state index is -0.311. The van der Waals surface area contributed by atoms with E-state index in [4.69, 9.17) is 28.9 Å². The summed E-state index contributed by atoms with van der Waals surface area (Å²) in [5.41, 5.74) is 7.28. The van der Waals surface area contributed by atoms with Gasteiger partial charge in [0, 0.05) is 38.4 Å². The predicted octanol–water partition coefficient (Wildman–Crippen LogP) is 4.22. The number of benzene rings is 1. The lowest BCUT2D eigenvalue weighted by atomic mass is 9.94. The van der Waals surface area contributed by atoms with E-state index in [1.165, 1.54) is 0 Å². The Balaban J connectivity index is 0.00000196. The molecule has 28 heavy (non-hydrogen) atoms. The molecule has 2 atom stereocenters. The van der Waals surface area contributed by atoms with Crippen LogP contribution in [-0.4, -0.2) is 42.0 Å². The van der Waals surface area contributed by atoms with E-state index in [-0.39, 0.29) is 42.7 Å². The molecule has 0 spiro atoms. The van der Waals surface area contributed by atoms with Crippen LogP contribution in [0.15, 0.2) is 42.6 Å². The van der Waals surface area contributed by atoms with Crippen LogP contribution in [0.25, 0.3) is 0 Å². The number of anilines is 1. The van der Waals surface area contributed by atoms with Gasteiger partial charge in [-0.05, 0) is 11.6 Å². The van der Waals surface area contributed by atoms with Crippen LogP contribution in [0.4, 0.5) is 5.82 Å². The number of piperazine rings is 1. The fourth-order valence-corrected chi connectivity index (χ4v) is 3.68. The molecule has 0 saturated carbocycles. The van der Waals surface area contributed by atoms with E-state index in [1.54, 1.807) is 12.3 Å². The summed E-state index contributed by atoms with van der Waals surface area (Å²) in [7, 11) is 0. The van der Waals surface area contributed by atoms with Gasteiger partial charge in [-0.25, -0.2) is 4.98 Å². The third-order valence-corrected chi connectivity index (χ3v) is 5.28. The normalized spacial score (nSPS) is 15.9. The number of hydrogen-bond donors (Lipinski definition) is 1. The molecule has 0 radical (unpaired) electrons. The van der Waals surface area contributed by atoms with Crippen molar-refractivity contribution in [1.82, 2.24) is 9.88 Å². The minimum Gasteiger partial charge on any atom is -0.352 e. The maximum Gasteiger partial charge on any atom is 0.227 e. The topological polar surface area (TPSA) is 62.5 Å². The maximum atomic E-state index is 12.8. The SMILES string of the molecule is CC(C(=O)N1CCN(c2ncc(Cl)cc2Cl)CC1)C(N)c1ccccc1.Cl.Cl. The Labute approximate surface area is 188 Å². The summed E-state index contributed by atoms with van der Waals surface area (Å²) in [5, 5.41) is 1.04. The monoisotopic (exact) mass is 464 g/mol. The van der Waals surface area contributed by atoms with Crippen molar-refractivity contribution in [2.45, 2.75) is 13.0 Å². The summed E-state index contributed by atoms with van der Waals surface area (Å²) in [6, 6.07) is 11.1. The molecule has 3 rings (SSSR count). The number of carbonyl (C=O) groups is 1.